The molecule has 4 heteroatoms. The number of piperidine rings is 1. The van der Waals surface area contributed by atoms with Crippen molar-refractivity contribution in [2.24, 2.45) is 5.92 Å². The standard InChI is InChI=1S/C18H28N2O2/c1-14-7-5-6-8-16(14)20-11-9-15(10-12-20)13-19-17(21)22-18(2,3)4/h5-8,15H,9-13H2,1-4H3,(H,19,21). The third kappa shape index (κ3) is 4.93. The number of hydrogen-bond acceptors (Lipinski definition) is 3. The number of hydrogen-bond donors (Lipinski definition) is 1. The van der Waals surface area contributed by atoms with Crippen molar-refractivity contribution in [3.63, 3.8) is 0 Å². The van der Waals surface area contributed by atoms with Gasteiger partial charge in [0, 0.05) is 25.3 Å². The van der Waals surface area contributed by atoms with Crippen LogP contribution in [0.2, 0.25) is 0 Å². The second-order valence-corrected chi connectivity index (χ2v) is 7.10. The van der Waals surface area contributed by atoms with Gasteiger partial charge in [-0.2, -0.15) is 0 Å². The van der Waals surface area contributed by atoms with Crippen molar-refractivity contribution in [1.29, 1.82) is 0 Å². The van der Waals surface area contributed by atoms with Crippen LogP contribution in [0, 0.1) is 12.8 Å². The summed E-state index contributed by atoms with van der Waals surface area (Å²) in [6.07, 6.45) is 1.89. The zero-order chi connectivity index (χ0) is 16.2. The van der Waals surface area contributed by atoms with Crippen LogP contribution in [-0.4, -0.2) is 31.3 Å². The third-order valence-electron chi connectivity index (χ3n) is 4.00. The molecule has 0 spiro atoms. The average molecular weight is 304 g/mol. The molecule has 0 atom stereocenters. The first kappa shape index (κ1) is 16.7. The van der Waals surface area contributed by atoms with Gasteiger partial charge in [0.25, 0.3) is 0 Å². The Morgan fingerprint density at radius 2 is 1.91 bits per heavy atom. The molecule has 0 radical (unpaired) electrons. The Kier molecular flexibility index (Phi) is 5.33. The van der Waals surface area contributed by atoms with E-state index in [4.69, 9.17) is 4.74 Å². The smallest absolute Gasteiger partial charge is 0.407 e. The van der Waals surface area contributed by atoms with Crippen molar-refractivity contribution in [3.05, 3.63) is 29.8 Å². The fourth-order valence-corrected chi connectivity index (χ4v) is 2.84. The van der Waals surface area contributed by atoms with Gasteiger partial charge in [-0.25, -0.2) is 4.79 Å². The Morgan fingerprint density at radius 3 is 2.50 bits per heavy atom. The number of carbonyl (C=O) groups is 1. The maximum Gasteiger partial charge on any atom is 0.407 e. The molecule has 0 bridgehead atoms. The number of carbonyl (C=O) groups excluding carboxylic acids is 1. The van der Waals surface area contributed by atoms with Gasteiger partial charge in [0.1, 0.15) is 5.60 Å². The van der Waals surface area contributed by atoms with Gasteiger partial charge < -0.3 is 15.0 Å². The lowest BCUT2D eigenvalue weighted by atomic mass is 9.96. The monoisotopic (exact) mass is 304 g/mol. The maximum absolute atomic E-state index is 11.7. The first-order chi connectivity index (χ1) is 10.3. The number of amides is 1. The van der Waals surface area contributed by atoms with Crippen LogP contribution in [0.5, 0.6) is 0 Å². The molecule has 1 aromatic carbocycles. The van der Waals surface area contributed by atoms with E-state index in [9.17, 15) is 4.79 Å². The van der Waals surface area contributed by atoms with Crippen molar-refractivity contribution in [1.82, 2.24) is 5.32 Å². The molecule has 1 fully saturated rings. The van der Waals surface area contributed by atoms with Crippen LogP contribution in [0.3, 0.4) is 0 Å². The normalized spacial score (nSPS) is 16.5. The van der Waals surface area contributed by atoms with Crippen LogP contribution < -0.4 is 10.2 Å². The summed E-state index contributed by atoms with van der Waals surface area (Å²) in [6.45, 7) is 10.6. The molecule has 1 heterocycles. The van der Waals surface area contributed by atoms with Crippen molar-refractivity contribution in [3.8, 4) is 0 Å². The zero-order valence-corrected chi connectivity index (χ0v) is 14.2. The molecule has 1 N–H and O–H groups in total. The summed E-state index contributed by atoms with van der Waals surface area (Å²) in [5, 5.41) is 2.90. The molecule has 1 amide bonds. The molecule has 1 aliphatic heterocycles. The molecule has 2 rings (SSSR count). The highest BCUT2D eigenvalue weighted by Crippen LogP contribution is 2.25. The molecule has 0 unspecified atom stereocenters. The Balaban J connectivity index is 1.76. The van der Waals surface area contributed by atoms with Crippen LogP contribution in [0.4, 0.5) is 10.5 Å². The fraction of sp³-hybridized carbons (Fsp3) is 0.611. The van der Waals surface area contributed by atoms with Gasteiger partial charge in [-0.15, -0.1) is 0 Å². The summed E-state index contributed by atoms with van der Waals surface area (Å²) in [6, 6.07) is 8.52. The molecule has 22 heavy (non-hydrogen) atoms. The van der Waals surface area contributed by atoms with E-state index in [0.717, 1.165) is 25.9 Å². The van der Waals surface area contributed by atoms with E-state index in [1.165, 1.54) is 11.3 Å². The van der Waals surface area contributed by atoms with E-state index in [0.29, 0.717) is 12.5 Å². The Bertz CT molecular complexity index is 500. The van der Waals surface area contributed by atoms with E-state index in [1.54, 1.807) is 0 Å². The highest BCUT2D eigenvalue weighted by Gasteiger charge is 2.22. The van der Waals surface area contributed by atoms with E-state index >= 15 is 0 Å². The molecule has 1 aliphatic rings. The second kappa shape index (κ2) is 7.03. The molecule has 0 saturated carbocycles. The zero-order valence-electron chi connectivity index (χ0n) is 14.2. The van der Waals surface area contributed by atoms with Gasteiger partial charge in [-0.3, -0.25) is 0 Å². The summed E-state index contributed by atoms with van der Waals surface area (Å²) in [5.41, 5.74) is 2.23. The van der Waals surface area contributed by atoms with Gasteiger partial charge in [0.15, 0.2) is 0 Å². The lowest BCUT2D eigenvalue weighted by Crippen LogP contribution is -2.40. The molecule has 4 nitrogen and oxygen atoms in total. The lowest BCUT2D eigenvalue weighted by molar-refractivity contribution is 0.0517. The molecule has 0 aliphatic carbocycles. The lowest BCUT2D eigenvalue weighted by Gasteiger charge is -2.34. The average Bonchev–Trinajstić information content (AvgIpc) is 2.45. The predicted octanol–water partition coefficient (Wildman–Crippen LogP) is 3.74. The van der Waals surface area contributed by atoms with Crippen LogP contribution in [0.15, 0.2) is 24.3 Å². The molecule has 0 aromatic heterocycles. The van der Waals surface area contributed by atoms with Gasteiger partial charge >= 0.3 is 6.09 Å². The number of rotatable bonds is 3. The minimum Gasteiger partial charge on any atom is -0.444 e. The van der Waals surface area contributed by atoms with Crippen LogP contribution in [-0.2, 0) is 4.74 Å². The first-order valence-electron chi connectivity index (χ1n) is 8.12. The number of benzene rings is 1. The number of para-hydroxylation sites is 1. The predicted molar refractivity (Wildman–Crippen MR) is 90.4 cm³/mol. The fourth-order valence-electron chi connectivity index (χ4n) is 2.84. The van der Waals surface area contributed by atoms with Gasteiger partial charge in [-0.05, 0) is 58.1 Å². The van der Waals surface area contributed by atoms with Gasteiger partial charge in [-0.1, -0.05) is 18.2 Å². The van der Waals surface area contributed by atoms with E-state index in [2.05, 4.69) is 41.4 Å². The molecular formula is C18H28N2O2. The molecule has 1 saturated heterocycles. The first-order valence-corrected chi connectivity index (χ1v) is 8.12. The summed E-state index contributed by atoms with van der Waals surface area (Å²) in [4.78, 5) is 14.1. The van der Waals surface area contributed by atoms with Crippen LogP contribution in [0.1, 0.15) is 39.2 Å². The van der Waals surface area contributed by atoms with Crippen molar-refractivity contribution in [2.75, 3.05) is 24.5 Å². The van der Waals surface area contributed by atoms with Crippen molar-refractivity contribution < 1.29 is 9.53 Å². The number of nitrogens with zero attached hydrogens (tertiary/aromatic N) is 1. The van der Waals surface area contributed by atoms with Crippen molar-refractivity contribution >= 4 is 11.8 Å². The van der Waals surface area contributed by atoms with E-state index < -0.39 is 5.60 Å². The van der Waals surface area contributed by atoms with Crippen LogP contribution in [0.25, 0.3) is 0 Å². The van der Waals surface area contributed by atoms with E-state index in [-0.39, 0.29) is 6.09 Å². The number of ether oxygens (including phenoxy) is 1. The quantitative estimate of drug-likeness (QED) is 0.925. The summed E-state index contributed by atoms with van der Waals surface area (Å²) < 4.78 is 5.27. The number of anilines is 1. The molecule has 1 aromatic rings. The molecular weight excluding hydrogens is 276 g/mol. The minimum absolute atomic E-state index is 0.311. The topological polar surface area (TPSA) is 41.6 Å². The summed E-state index contributed by atoms with van der Waals surface area (Å²) >= 11 is 0. The minimum atomic E-state index is -0.432. The summed E-state index contributed by atoms with van der Waals surface area (Å²) in [7, 11) is 0. The molecule has 122 valence electrons. The Morgan fingerprint density at radius 1 is 1.27 bits per heavy atom. The van der Waals surface area contributed by atoms with Crippen LogP contribution >= 0.6 is 0 Å². The Hall–Kier alpha value is -1.71. The number of nitrogens with one attached hydrogen (secondary N) is 1. The third-order valence-corrected chi connectivity index (χ3v) is 4.00. The largest absolute Gasteiger partial charge is 0.444 e. The maximum atomic E-state index is 11.7. The van der Waals surface area contributed by atoms with Gasteiger partial charge in [0.2, 0.25) is 0 Å². The summed E-state index contributed by atoms with van der Waals surface area (Å²) in [5.74, 6) is 0.535. The highest BCUT2D eigenvalue weighted by molar-refractivity contribution is 5.67. The Labute approximate surface area is 133 Å². The highest BCUT2D eigenvalue weighted by atomic mass is 16.6. The van der Waals surface area contributed by atoms with Crippen molar-refractivity contribution in [2.45, 2.75) is 46.1 Å². The SMILES string of the molecule is Cc1ccccc1N1CCC(CNC(=O)OC(C)(C)C)CC1. The number of alkyl carbamates (subject to hydrolysis) is 1. The number of aryl methyl sites for hydroxylation is 1. The second-order valence-electron chi connectivity index (χ2n) is 7.10. The van der Waals surface area contributed by atoms with Gasteiger partial charge in [0.05, 0.1) is 0 Å². The van der Waals surface area contributed by atoms with E-state index in [1.807, 2.05) is 20.8 Å².